The molecule has 0 aromatic heterocycles. The van der Waals surface area contributed by atoms with E-state index in [1.807, 2.05) is 13.8 Å². The fraction of sp³-hybridized carbons (Fsp3) is 0.700. The van der Waals surface area contributed by atoms with Gasteiger partial charge in [-0.1, -0.05) is 12.5 Å². The quantitative estimate of drug-likeness (QED) is 0.468. The third-order valence-electron chi connectivity index (χ3n) is 1.84. The first-order valence-electron chi connectivity index (χ1n) is 4.30. The van der Waals surface area contributed by atoms with Crippen LogP contribution >= 0.6 is 0 Å². The molecular formula is C10H18O2. The summed E-state index contributed by atoms with van der Waals surface area (Å²) < 4.78 is 4.61. The number of esters is 1. The topological polar surface area (TPSA) is 26.3 Å². The molecule has 0 aliphatic rings. The van der Waals surface area contributed by atoms with Crippen LogP contribution in [0, 0.1) is 5.92 Å². The molecular weight excluding hydrogens is 152 g/mol. The van der Waals surface area contributed by atoms with Crippen LogP contribution in [-0.4, -0.2) is 13.1 Å². The third kappa shape index (κ3) is 4.94. The number of hydrogen-bond donors (Lipinski definition) is 0. The number of ether oxygens (including phenoxy) is 1. The molecule has 0 saturated heterocycles. The molecule has 0 aliphatic heterocycles. The molecule has 0 aromatic rings. The zero-order valence-electron chi connectivity index (χ0n) is 8.22. The Morgan fingerprint density at radius 1 is 1.58 bits per heavy atom. The highest BCUT2D eigenvalue weighted by molar-refractivity contribution is 5.71. The summed E-state index contributed by atoms with van der Waals surface area (Å²) in [5.74, 6) is -0.0916. The maximum Gasteiger partial charge on any atom is 0.308 e. The fourth-order valence-electron chi connectivity index (χ4n) is 1.03. The van der Waals surface area contributed by atoms with E-state index in [1.165, 1.54) is 12.7 Å². The van der Waals surface area contributed by atoms with Crippen molar-refractivity contribution in [2.75, 3.05) is 7.11 Å². The van der Waals surface area contributed by atoms with Crippen molar-refractivity contribution in [1.82, 2.24) is 0 Å². The summed E-state index contributed by atoms with van der Waals surface area (Å²) in [7, 11) is 1.43. The van der Waals surface area contributed by atoms with E-state index in [9.17, 15) is 4.79 Å². The molecule has 2 nitrogen and oxygen atoms in total. The minimum Gasteiger partial charge on any atom is -0.469 e. The van der Waals surface area contributed by atoms with E-state index in [1.54, 1.807) is 0 Å². The van der Waals surface area contributed by atoms with Gasteiger partial charge in [0.15, 0.2) is 0 Å². The van der Waals surface area contributed by atoms with Crippen LogP contribution in [0.3, 0.4) is 0 Å². The minimum absolute atomic E-state index is 0.0225. The predicted octanol–water partition coefficient (Wildman–Crippen LogP) is 2.54. The second kappa shape index (κ2) is 5.81. The molecule has 0 heterocycles. The molecule has 0 spiro atoms. The molecule has 0 radical (unpaired) electrons. The second-order valence-electron chi connectivity index (χ2n) is 3.27. The molecule has 70 valence electrons. The molecule has 1 atom stereocenters. The highest BCUT2D eigenvalue weighted by atomic mass is 16.5. The zero-order valence-corrected chi connectivity index (χ0v) is 8.22. The maximum atomic E-state index is 10.9. The first-order chi connectivity index (χ1) is 5.57. The smallest absolute Gasteiger partial charge is 0.308 e. The van der Waals surface area contributed by atoms with E-state index in [4.69, 9.17) is 0 Å². The van der Waals surface area contributed by atoms with Crippen molar-refractivity contribution in [2.45, 2.75) is 33.1 Å². The van der Waals surface area contributed by atoms with Crippen LogP contribution in [0.2, 0.25) is 0 Å². The van der Waals surface area contributed by atoms with Crippen LogP contribution in [0.5, 0.6) is 0 Å². The fourth-order valence-corrected chi connectivity index (χ4v) is 1.03. The summed E-state index contributed by atoms with van der Waals surface area (Å²) in [4.78, 5) is 10.9. The molecule has 12 heavy (non-hydrogen) atoms. The normalized spacial score (nSPS) is 12.2. The van der Waals surface area contributed by atoms with Crippen molar-refractivity contribution in [1.29, 1.82) is 0 Å². The Hall–Kier alpha value is -0.790. The summed E-state index contributed by atoms with van der Waals surface area (Å²) in [6, 6.07) is 0. The molecule has 0 bridgehead atoms. The SMILES string of the molecule is C=C(C)CCC[C@H](C)C(=O)OC. The Morgan fingerprint density at radius 2 is 2.17 bits per heavy atom. The van der Waals surface area contributed by atoms with E-state index in [-0.39, 0.29) is 11.9 Å². The predicted molar refractivity (Wildman–Crippen MR) is 49.8 cm³/mol. The summed E-state index contributed by atoms with van der Waals surface area (Å²) in [5, 5.41) is 0. The Bertz CT molecular complexity index is 161. The molecule has 0 fully saturated rings. The van der Waals surface area contributed by atoms with Gasteiger partial charge >= 0.3 is 5.97 Å². The van der Waals surface area contributed by atoms with Crippen LogP contribution < -0.4 is 0 Å². The van der Waals surface area contributed by atoms with Crippen molar-refractivity contribution >= 4 is 5.97 Å². The number of allylic oxidation sites excluding steroid dienone is 1. The van der Waals surface area contributed by atoms with Crippen LogP contribution in [0.1, 0.15) is 33.1 Å². The lowest BCUT2D eigenvalue weighted by atomic mass is 10.0. The molecule has 0 rings (SSSR count). The van der Waals surface area contributed by atoms with Gasteiger partial charge in [-0.2, -0.15) is 0 Å². The number of methoxy groups -OCH3 is 1. The van der Waals surface area contributed by atoms with E-state index >= 15 is 0 Å². The second-order valence-corrected chi connectivity index (χ2v) is 3.27. The van der Waals surface area contributed by atoms with Crippen LogP contribution in [0.15, 0.2) is 12.2 Å². The van der Waals surface area contributed by atoms with Crippen molar-refractivity contribution < 1.29 is 9.53 Å². The van der Waals surface area contributed by atoms with Crippen molar-refractivity contribution in [2.24, 2.45) is 5.92 Å². The number of carbonyl (C=O) groups is 1. The van der Waals surface area contributed by atoms with Gasteiger partial charge in [0, 0.05) is 0 Å². The molecule has 0 aromatic carbocycles. The lowest BCUT2D eigenvalue weighted by molar-refractivity contribution is -0.145. The third-order valence-corrected chi connectivity index (χ3v) is 1.84. The van der Waals surface area contributed by atoms with Crippen molar-refractivity contribution in [3.8, 4) is 0 Å². The van der Waals surface area contributed by atoms with Crippen molar-refractivity contribution in [3.63, 3.8) is 0 Å². The van der Waals surface area contributed by atoms with Gasteiger partial charge in [0.1, 0.15) is 0 Å². The van der Waals surface area contributed by atoms with E-state index in [2.05, 4.69) is 11.3 Å². The Kier molecular flexibility index (Phi) is 5.43. The molecule has 0 amide bonds. The summed E-state index contributed by atoms with van der Waals surface area (Å²) in [6.45, 7) is 7.70. The van der Waals surface area contributed by atoms with Gasteiger partial charge in [0.2, 0.25) is 0 Å². The van der Waals surface area contributed by atoms with Crippen molar-refractivity contribution in [3.05, 3.63) is 12.2 Å². The van der Waals surface area contributed by atoms with Gasteiger partial charge in [0.05, 0.1) is 13.0 Å². The van der Waals surface area contributed by atoms with Gasteiger partial charge in [0.25, 0.3) is 0 Å². The maximum absolute atomic E-state index is 10.9. The molecule has 0 saturated carbocycles. The summed E-state index contributed by atoms with van der Waals surface area (Å²) in [6.07, 6.45) is 2.91. The largest absolute Gasteiger partial charge is 0.469 e. The van der Waals surface area contributed by atoms with E-state index in [0.29, 0.717) is 0 Å². The van der Waals surface area contributed by atoms with Crippen LogP contribution in [0.4, 0.5) is 0 Å². The van der Waals surface area contributed by atoms with Crippen LogP contribution in [-0.2, 0) is 9.53 Å². The van der Waals surface area contributed by atoms with E-state index < -0.39 is 0 Å². The van der Waals surface area contributed by atoms with Crippen LogP contribution in [0.25, 0.3) is 0 Å². The average molecular weight is 170 g/mol. The Labute approximate surface area is 74.6 Å². The molecule has 0 aliphatic carbocycles. The highest BCUT2D eigenvalue weighted by Crippen LogP contribution is 2.11. The zero-order chi connectivity index (χ0) is 9.56. The number of hydrogen-bond acceptors (Lipinski definition) is 2. The molecule has 0 N–H and O–H groups in total. The number of rotatable bonds is 5. The summed E-state index contributed by atoms with van der Waals surface area (Å²) in [5.41, 5.74) is 1.17. The Balaban J connectivity index is 3.50. The lowest BCUT2D eigenvalue weighted by Gasteiger charge is -2.07. The van der Waals surface area contributed by atoms with Gasteiger partial charge in [-0.15, -0.1) is 6.58 Å². The standard InChI is InChI=1S/C10H18O2/c1-8(2)6-5-7-9(3)10(11)12-4/h9H,1,5-7H2,2-4H3/t9-/m0/s1. The monoisotopic (exact) mass is 170 g/mol. The average Bonchev–Trinajstić information content (AvgIpc) is 2.02. The lowest BCUT2D eigenvalue weighted by Crippen LogP contribution is -2.12. The first-order valence-corrected chi connectivity index (χ1v) is 4.30. The Morgan fingerprint density at radius 3 is 2.58 bits per heavy atom. The van der Waals surface area contributed by atoms with Gasteiger partial charge in [-0.25, -0.2) is 0 Å². The minimum atomic E-state index is -0.114. The summed E-state index contributed by atoms with van der Waals surface area (Å²) >= 11 is 0. The molecule has 2 heteroatoms. The molecule has 0 unspecified atom stereocenters. The first kappa shape index (κ1) is 11.2. The van der Waals surface area contributed by atoms with Gasteiger partial charge < -0.3 is 4.74 Å². The van der Waals surface area contributed by atoms with Gasteiger partial charge in [-0.3, -0.25) is 4.79 Å². The highest BCUT2D eigenvalue weighted by Gasteiger charge is 2.11. The van der Waals surface area contributed by atoms with E-state index in [0.717, 1.165) is 19.3 Å². The van der Waals surface area contributed by atoms with Gasteiger partial charge in [-0.05, 0) is 26.2 Å². The number of carbonyl (C=O) groups excluding carboxylic acids is 1.